The van der Waals surface area contributed by atoms with Crippen molar-refractivity contribution in [2.75, 3.05) is 0 Å². The fourth-order valence-electron chi connectivity index (χ4n) is 1.97. The number of benzene rings is 1. The molecule has 0 saturated carbocycles. The molecule has 0 aliphatic rings. The molecule has 1 heterocycles. The van der Waals surface area contributed by atoms with Gasteiger partial charge >= 0.3 is 5.97 Å². The van der Waals surface area contributed by atoms with Gasteiger partial charge < -0.3 is 9.67 Å². The zero-order valence-corrected chi connectivity index (χ0v) is 10.3. The number of halogens is 2. The molecular weight excluding hydrogens is 256 g/mol. The van der Waals surface area contributed by atoms with E-state index in [0.717, 1.165) is 12.3 Å². The fourth-order valence-corrected chi connectivity index (χ4v) is 1.97. The summed E-state index contributed by atoms with van der Waals surface area (Å²) in [7, 11) is 0. The van der Waals surface area contributed by atoms with Crippen LogP contribution in [0.25, 0.3) is 10.9 Å². The van der Waals surface area contributed by atoms with Crippen LogP contribution in [0.3, 0.4) is 0 Å². The Morgan fingerprint density at radius 1 is 1.32 bits per heavy atom. The third-order valence-corrected chi connectivity index (χ3v) is 2.83. The van der Waals surface area contributed by atoms with Crippen LogP contribution in [0.15, 0.2) is 23.1 Å². The molecule has 0 aliphatic heterocycles. The quantitative estimate of drug-likeness (QED) is 0.909. The topological polar surface area (TPSA) is 59.3 Å². The molecule has 0 atom stereocenters. The van der Waals surface area contributed by atoms with Crippen LogP contribution in [0.4, 0.5) is 8.78 Å². The molecule has 100 valence electrons. The van der Waals surface area contributed by atoms with E-state index in [1.165, 1.54) is 4.57 Å². The lowest BCUT2D eigenvalue weighted by Crippen LogP contribution is -2.20. The van der Waals surface area contributed by atoms with Crippen molar-refractivity contribution in [3.8, 4) is 0 Å². The smallest absolute Gasteiger partial charge is 0.341 e. The summed E-state index contributed by atoms with van der Waals surface area (Å²) < 4.78 is 28.4. The summed E-state index contributed by atoms with van der Waals surface area (Å²) in [6.45, 7) is 3.41. The Kier molecular flexibility index (Phi) is 3.09. The van der Waals surface area contributed by atoms with Crippen LogP contribution in [0.2, 0.25) is 0 Å². The maximum absolute atomic E-state index is 13.8. The van der Waals surface area contributed by atoms with Gasteiger partial charge in [-0.25, -0.2) is 13.6 Å². The molecule has 0 amide bonds. The summed E-state index contributed by atoms with van der Waals surface area (Å²) in [5.74, 6) is -3.23. The number of aromatic nitrogens is 1. The molecule has 0 aliphatic carbocycles. The number of aromatic carboxylic acids is 1. The molecule has 2 aromatic rings. The first-order chi connectivity index (χ1) is 8.82. The van der Waals surface area contributed by atoms with Gasteiger partial charge in [-0.1, -0.05) is 0 Å². The maximum atomic E-state index is 13.8. The summed E-state index contributed by atoms with van der Waals surface area (Å²) in [4.78, 5) is 22.9. The summed E-state index contributed by atoms with van der Waals surface area (Å²) in [5.41, 5.74) is -1.49. The molecule has 1 aromatic carbocycles. The molecule has 0 bridgehead atoms. The van der Waals surface area contributed by atoms with Crippen LogP contribution in [0.5, 0.6) is 0 Å². The largest absolute Gasteiger partial charge is 0.477 e. The Hall–Kier alpha value is -2.24. The minimum atomic E-state index is -1.43. The highest BCUT2D eigenvalue weighted by atomic mass is 19.1. The Morgan fingerprint density at radius 2 is 1.95 bits per heavy atom. The van der Waals surface area contributed by atoms with E-state index in [2.05, 4.69) is 0 Å². The van der Waals surface area contributed by atoms with Crippen LogP contribution in [-0.2, 0) is 0 Å². The minimum Gasteiger partial charge on any atom is -0.477 e. The summed E-state index contributed by atoms with van der Waals surface area (Å²) in [6.07, 6.45) is 1.08. The van der Waals surface area contributed by atoms with Gasteiger partial charge in [-0.15, -0.1) is 0 Å². The van der Waals surface area contributed by atoms with E-state index in [1.807, 2.05) is 0 Å². The first-order valence-corrected chi connectivity index (χ1v) is 5.60. The Bertz CT molecular complexity index is 735. The van der Waals surface area contributed by atoms with Crippen LogP contribution in [0, 0.1) is 11.6 Å². The number of carbonyl (C=O) groups is 1. The van der Waals surface area contributed by atoms with E-state index in [1.54, 1.807) is 13.8 Å². The van der Waals surface area contributed by atoms with Crippen molar-refractivity contribution >= 4 is 16.9 Å². The van der Waals surface area contributed by atoms with Crippen molar-refractivity contribution < 1.29 is 18.7 Å². The van der Waals surface area contributed by atoms with Gasteiger partial charge in [0.05, 0.1) is 10.9 Å². The van der Waals surface area contributed by atoms with E-state index < -0.39 is 28.6 Å². The Morgan fingerprint density at radius 3 is 2.47 bits per heavy atom. The number of pyridine rings is 1. The standard InChI is InChI=1S/C13H11F2NO3/c1-6(2)16-5-9(13(18)19)12(17)8-3-7(14)4-10(15)11(8)16/h3-6H,1-2H3,(H,18,19). The van der Waals surface area contributed by atoms with Gasteiger partial charge in [0.1, 0.15) is 11.4 Å². The highest BCUT2D eigenvalue weighted by molar-refractivity contribution is 5.92. The summed E-state index contributed by atoms with van der Waals surface area (Å²) >= 11 is 0. The molecule has 2 rings (SSSR count). The van der Waals surface area contributed by atoms with Gasteiger partial charge in [-0.05, 0) is 19.9 Å². The number of fused-ring (bicyclic) bond motifs is 1. The van der Waals surface area contributed by atoms with Crippen molar-refractivity contribution in [2.24, 2.45) is 0 Å². The molecule has 6 heteroatoms. The number of rotatable bonds is 2. The number of nitrogens with zero attached hydrogens (tertiary/aromatic N) is 1. The lowest BCUT2D eigenvalue weighted by molar-refractivity contribution is 0.0694. The zero-order chi connectivity index (χ0) is 14.3. The zero-order valence-electron chi connectivity index (χ0n) is 10.3. The minimum absolute atomic E-state index is 0.0913. The summed E-state index contributed by atoms with van der Waals surface area (Å²) in [5, 5.41) is 8.70. The summed E-state index contributed by atoms with van der Waals surface area (Å²) in [6, 6.07) is 1.24. The SMILES string of the molecule is CC(C)n1cc(C(=O)O)c(=O)c2cc(F)cc(F)c21. The number of hydrogen-bond acceptors (Lipinski definition) is 2. The molecule has 0 spiro atoms. The molecule has 1 N–H and O–H groups in total. The monoisotopic (exact) mass is 267 g/mol. The van der Waals surface area contributed by atoms with Gasteiger partial charge in [-0.3, -0.25) is 4.79 Å². The van der Waals surface area contributed by atoms with Gasteiger partial charge in [0.15, 0.2) is 5.82 Å². The number of hydrogen-bond donors (Lipinski definition) is 1. The van der Waals surface area contributed by atoms with E-state index in [0.29, 0.717) is 6.07 Å². The molecule has 0 unspecified atom stereocenters. The molecular formula is C13H11F2NO3. The average Bonchev–Trinajstić information content (AvgIpc) is 2.29. The molecule has 0 radical (unpaired) electrons. The van der Waals surface area contributed by atoms with E-state index in [-0.39, 0.29) is 16.9 Å². The van der Waals surface area contributed by atoms with Crippen molar-refractivity contribution in [3.63, 3.8) is 0 Å². The Labute approximate surface area is 106 Å². The average molecular weight is 267 g/mol. The maximum Gasteiger partial charge on any atom is 0.341 e. The third kappa shape index (κ3) is 2.09. The van der Waals surface area contributed by atoms with Gasteiger partial charge in [-0.2, -0.15) is 0 Å². The van der Waals surface area contributed by atoms with Crippen LogP contribution >= 0.6 is 0 Å². The van der Waals surface area contributed by atoms with Gasteiger partial charge in [0.2, 0.25) is 5.43 Å². The molecule has 0 fully saturated rings. The second kappa shape index (κ2) is 4.46. The van der Waals surface area contributed by atoms with Crippen molar-refractivity contribution in [2.45, 2.75) is 19.9 Å². The first kappa shape index (κ1) is 13.2. The molecule has 1 aromatic heterocycles. The van der Waals surface area contributed by atoms with Crippen molar-refractivity contribution in [1.82, 2.24) is 4.57 Å². The Balaban J connectivity index is 3.05. The van der Waals surface area contributed by atoms with E-state index in [9.17, 15) is 18.4 Å². The van der Waals surface area contributed by atoms with Crippen LogP contribution in [0.1, 0.15) is 30.2 Å². The molecule has 0 saturated heterocycles. The second-order valence-corrected chi connectivity index (χ2v) is 4.46. The van der Waals surface area contributed by atoms with Gasteiger partial charge in [0, 0.05) is 18.3 Å². The number of carboxylic acid groups (broad SMARTS) is 1. The fraction of sp³-hybridized carbons (Fsp3) is 0.231. The van der Waals surface area contributed by atoms with E-state index in [4.69, 9.17) is 5.11 Å². The van der Waals surface area contributed by atoms with Crippen molar-refractivity contribution in [1.29, 1.82) is 0 Å². The predicted octanol–water partition coefficient (Wildman–Crippen LogP) is 2.56. The predicted molar refractivity (Wildman–Crippen MR) is 65.5 cm³/mol. The van der Waals surface area contributed by atoms with Crippen LogP contribution in [-0.4, -0.2) is 15.6 Å². The number of carboxylic acids is 1. The highest BCUT2D eigenvalue weighted by Gasteiger charge is 2.19. The van der Waals surface area contributed by atoms with Gasteiger partial charge in [0.25, 0.3) is 0 Å². The second-order valence-electron chi connectivity index (χ2n) is 4.46. The van der Waals surface area contributed by atoms with E-state index >= 15 is 0 Å². The molecule has 4 nitrogen and oxygen atoms in total. The normalized spacial score (nSPS) is 11.2. The molecule has 19 heavy (non-hydrogen) atoms. The lowest BCUT2D eigenvalue weighted by atomic mass is 10.1. The lowest BCUT2D eigenvalue weighted by Gasteiger charge is -2.16. The third-order valence-electron chi connectivity index (χ3n) is 2.83. The van der Waals surface area contributed by atoms with Crippen molar-refractivity contribution in [3.05, 3.63) is 45.8 Å². The van der Waals surface area contributed by atoms with Crippen LogP contribution < -0.4 is 5.43 Å². The first-order valence-electron chi connectivity index (χ1n) is 5.60. The highest BCUT2D eigenvalue weighted by Crippen LogP contribution is 2.21.